The van der Waals surface area contributed by atoms with E-state index in [1.54, 1.807) is 14.2 Å². The molecule has 0 unspecified atom stereocenters. The third-order valence-electron chi connectivity index (χ3n) is 7.25. The summed E-state index contributed by atoms with van der Waals surface area (Å²) in [4.78, 5) is 12.2. The van der Waals surface area contributed by atoms with Crippen molar-refractivity contribution in [2.75, 3.05) is 32.7 Å². The monoisotopic (exact) mass is 502 g/mol. The highest BCUT2D eigenvalue weighted by Crippen LogP contribution is 2.39. The molecule has 1 saturated carbocycles. The van der Waals surface area contributed by atoms with Crippen LogP contribution in [0.2, 0.25) is 0 Å². The molecule has 0 saturated heterocycles. The lowest BCUT2D eigenvalue weighted by molar-refractivity contribution is 0.324. The molecule has 8 nitrogen and oxygen atoms in total. The summed E-state index contributed by atoms with van der Waals surface area (Å²) in [5.74, 6) is 1.56. The summed E-state index contributed by atoms with van der Waals surface area (Å²) in [6.07, 6.45) is 8.41. The predicted molar refractivity (Wildman–Crippen MR) is 149 cm³/mol. The van der Waals surface area contributed by atoms with E-state index >= 15 is 0 Å². The number of fused-ring (bicyclic) bond motifs is 1. The van der Waals surface area contributed by atoms with Gasteiger partial charge in [-0.3, -0.25) is 4.98 Å². The quantitative estimate of drug-likeness (QED) is 0.451. The molecule has 0 spiro atoms. The van der Waals surface area contributed by atoms with Gasteiger partial charge >= 0.3 is 0 Å². The SMILES string of the molecule is COc1cc(OC)cc(N(c2ccc3ncc(C4=CN(C)NC4)nc3c2)[C@H]2CC[C@@H](NC(C)C)CC2)c1. The molecule has 0 bridgehead atoms. The van der Waals surface area contributed by atoms with Crippen molar-refractivity contribution in [2.45, 2.75) is 57.7 Å². The Morgan fingerprint density at radius 3 is 2.32 bits per heavy atom. The fourth-order valence-electron chi connectivity index (χ4n) is 5.47. The second-order valence-corrected chi connectivity index (χ2v) is 10.3. The fraction of sp³-hybridized carbons (Fsp3) is 0.448. The first-order valence-corrected chi connectivity index (χ1v) is 13.2. The number of anilines is 2. The van der Waals surface area contributed by atoms with Gasteiger partial charge in [-0.05, 0) is 43.9 Å². The van der Waals surface area contributed by atoms with Crippen LogP contribution in [0, 0.1) is 0 Å². The molecule has 0 amide bonds. The Labute approximate surface area is 219 Å². The minimum absolute atomic E-state index is 0.353. The van der Waals surface area contributed by atoms with E-state index in [-0.39, 0.29) is 0 Å². The van der Waals surface area contributed by atoms with Crippen LogP contribution in [-0.4, -0.2) is 60.9 Å². The third-order valence-corrected chi connectivity index (χ3v) is 7.25. The van der Waals surface area contributed by atoms with Gasteiger partial charge in [-0.25, -0.2) is 10.4 Å². The summed E-state index contributed by atoms with van der Waals surface area (Å²) in [7, 11) is 5.39. The topological polar surface area (TPSA) is 74.8 Å². The van der Waals surface area contributed by atoms with Gasteiger partial charge in [0.2, 0.25) is 0 Å². The molecule has 1 aromatic heterocycles. The number of methoxy groups -OCH3 is 2. The Bertz CT molecular complexity index is 1250. The van der Waals surface area contributed by atoms with Gasteiger partial charge in [-0.1, -0.05) is 13.8 Å². The molecule has 5 rings (SSSR count). The van der Waals surface area contributed by atoms with E-state index in [0.717, 1.165) is 77.4 Å². The van der Waals surface area contributed by atoms with Crippen molar-refractivity contribution in [1.29, 1.82) is 0 Å². The predicted octanol–water partition coefficient (Wildman–Crippen LogP) is 4.89. The Balaban J connectivity index is 1.54. The second-order valence-electron chi connectivity index (χ2n) is 10.3. The van der Waals surface area contributed by atoms with E-state index in [1.165, 1.54) is 0 Å². The van der Waals surface area contributed by atoms with E-state index in [0.29, 0.717) is 18.1 Å². The molecule has 2 aliphatic rings. The highest BCUT2D eigenvalue weighted by atomic mass is 16.5. The Morgan fingerprint density at radius 1 is 0.973 bits per heavy atom. The van der Waals surface area contributed by atoms with Gasteiger partial charge in [0, 0.05) is 73.1 Å². The van der Waals surface area contributed by atoms with Crippen molar-refractivity contribution < 1.29 is 9.47 Å². The first-order valence-electron chi connectivity index (χ1n) is 13.2. The molecule has 2 heterocycles. The number of nitrogens with zero attached hydrogens (tertiary/aromatic N) is 4. The zero-order valence-corrected chi connectivity index (χ0v) is 22.5. The zero-order valence-electron chi connectivity index (χ0n) is 22.5. The molecule has 1 fully saturated rings. The lowest BCUT2D eigenvalue weighted by Crippen LogP contribution is -2.42. The van der Waals surface area contributed by atoms with Crippen molar-refractivity contribution in [3.63, 3.8) is 0 Å². The van der Waals surface area contributed by atoms with E-state index in [2.05, 4.69) is 66.0 Å². The fourth-order valence-corrected chi connectivity index (χ4v) is 5.47. The maximum atomic E-state index is 5.63. The van der Waals surface area contributed by atoms with E-state index in [1.807, 2.05) is 24.3 Å². The number of hydrogen-bond donors (Lipinski definition) is 2. The van der Waals surface area contributed by atoms with E-state index in [4.69, 9.17) is 19.4 Å². The molecule has 2 N–H and O–H groups in total. The number of benzene rings is 2. The molecule has 196 valence electrons. The van der Waals surface area contributed by atoms with Gasteiger partial charge in [0.05, 0.1) is 37.1 Å². The second kappa shape index (κ2) is 10.9. The molecular weight excluding hydrogens is 464 g/mol. The summed E-state index contributed by atoms with van der Waals surface area (Å²) in [5, 5.41) is 5.69. The molecule has 3 aromatic rings. The number of hydrogen-bond acceptors (Lipinski definition) is 8. The standard InChI is InChI=1S/C29H38N6O2/c1-19(2)32-21-6-8-22(9-7-21)35(24-12-25(36-4)15-26(13-24)37-5)23-10-11-27-28(14-23)33-29(17-30-27)20-16-31-34(3)18-20/h10-15,17-19,21-22,31-32H,6-9,16H2,1-5H3/t21-,22+. The zero-order chi connectivity index (χ0) is 25.9. The van der Waals surface area contributed by atoms with Crippen molar-refractivity contribution in [2.24, 2.45) is 0 Å². The van der Waals surface area contributed by atoms with Crippen molar-refractivity contribution in [1.82, 2.24) is 25.7 Å². The van der Waals surface area contributed by atoms with Crippen LogP contribution in [-0.2, 0) is 0 Å². The molecular formula is C29H38N6O2. The molecule has 1 aliphatic carbocycles. The van der Waals surface area contributed by atoms with Gasteiger partial charge in [0.1, 0.15) is 11.5 Å². The van der Waals surface area contributed by atoms with Crippen LogP contribution in [0.1, 0.15) is 45.2 Å². The van der Waals surface area contributed by atoms with Crippen LogP contribution in [0.3, 0.4) is 0 Å². The van der Waals surface area contributed by atoms with Gasteiger partial charge in [-0.15, -0.1) is 0 Å². The first-order chi connectivity index (χ1) is 17.9. The third kappa shape index (κ3) is 5.65. The van der Waals surface area contributed by atoms with Crippen LogP contribution in [0.5, 0.6) is 11.5 Å². The number of rotatable bonds is 8. The maximum absolute atomic E-state index is 5.63. The van der Waals surface area contributed by atoms with Crippen LogP contribution >= 0.6 is 0 Å². The molecule has 0 radical (unpaired) electrons. The van der Waals surface area contributed by atoms with E-state index < -0.39 is 0 Å². The van der Waals surface area contributed by atoms with Gasteiger partial charge in [0.25, 0.3) is 0 Å². The van der Waals surface area contributed by atoms with Crippen LogP contribution in [0.4, 0.5) is 11.4 Å². The maximum Gasteiger partial charge on any atom is 0.124 e. The normalized spacial score (nSPS) is 19.8. The minimum Gasteiger partial charge on any atom is -0.497 e. The summed E-state index contributed by atoms with van der Waals surface area (Å²) >= 11 is 0. The average molecular weight is 503 g/mol. The van der Waals surface area contributed by atoms with Crippen LogP contribution in [0.25, 0.3) is 16.6 Å². The summed E-state index contributed by atoms with van der Waals surface area (Å²) in [6.45, 7) is 5.20. The summed E-state index contributed by atoms with van der Waals surface area (Å²) < 4.78 is 11.3. The van der Waals surface area contributed by atoms with Gasteiger partial charge < -0.3 is 24.7 Å². The molecule has 8 heteroatoms. The number of nitrogens with one attached hydrogen (secondary N) is 2. The molecule has 0 atom stereocenters. The summed E-state index contributed by atoms with van der Waals surface area (Å²) in [6, 6.07) is 13.9. The first kappa shape index (κ1) is 25.3. The Kier molecular flexibility index (Phi) is 7.48. The minimum atomic E-state index is 0.353. The largest absolute Gasteiger partial charge is 0.497 e. The molecule has 2 aromatic carbocycles. The van der Waals surface area contributed by atoms with Crippen LogP contribution in [0.15, 0.2) is 48.8 Å². The molecule has 1 aliphatic heterocycles. The Hall–Kier alpha value is -3.36. The number of aromatic nitrogens is 2. The van der Waals surface area contributed by atoms with Crippen molar-refractivity contribution >= 4 is 28.0 Å². The molecule has 37 heavy (non-hydrogen) atoms. The van der Waals surface area contributed by atoms with Crippen molar-refractivity contribution in [3.05, 3.63) is 54.5 Å². The van der Waals surface area contributed by atoms with Crippen LogP contribution < -0.4 is 25.1 Å². The summed E-state index contributed by atoms with van der Waals surface area (Å²) in [5.41, 5.74) is 9.25. The lowest BCUT2D eigenvalue weighted by atomic mass is 9.89. The van der Waals surface area contributed by atoms with Gasteiger partial charge in [-0.2, -0.15) is 0 Å². The van der Waals surface area contributed by atoms with Crippen molar-refractivity contribution in [3.8, 4) is 11.5 Å². The van der Waals surface area contributed by atoms with Gasteiger partial charge in [0.15, 0.2) is 0 Å². The highest BCUT2D eigenvalue weighted by molar-refractivity contribution is 5.83. The smallest absolute Gasteiger partial charge is 0.124 e. The van der Waals surface area contributed by atoms with E-state index in [9.17, 15) is 0 Å². The number of hydrazine groups is 1. The lowest BCUT2D eigenvalue weighted by Gasteiger charge is -2.39. The Morgan fingerprint density at radius 2 is 1.70 bits per heavy atom. The highest BCUT2D eigenvalue weighted by Gasteiger charge is 2.28. The average Bonchev–Trinajstić information content (AvgIpc) is 3.35. The number of ether oxygens (including phenoxy) is 2.